The van der Waals surface area contributed by atoms with Crippen LogP contribution < -0.4 is 5.48 Å². The van der Waals surface area contributed by atoms with Crippen molar-refractivity contribution in [1.82, 2.24) is 5.48 Å². The van der Waals surface area contributed by atoms with Gasteiger partial charge in [0.1, 0.15) is 5.92 Å². The molecule has 2 N–H and O–H groups in total. The predicted molar refractivity (Wildman–Crippen MR) is 42.7 cm³/mol. The molecule has 0 bridgehead atoms. The number of carboxylic acid groups (broad SMARTS) is 1. The molecule has 0 aromatic carbocycles. The minimum Gasteiger partial charge on any atom is -0.481 e. The molecule has 1 rings (SSSR count). The van der Waals surface area contributed by atoms with E-state index in [4.69, 9.17) is 21.5 Å². The lowest BCUT2D eigenvalue weighted by atomic mass is 10.0. The van der Waals surface area contributed by atoms with Gasteiger partial charge in [-0.2, -0.15) is 18.1 Å². The van der Waals surface area contributed by atoms with Crippen LogP contribution in [0.4, 0.5) is 0 Å². The molecule has 1 heterocycles. The molecular formula is C5H8ClNO3S. The number of carbonyl (C=O) groups is 1. The third-order valence-corrected chi connectivity index (χ3v) is 2.37. The van der Waals surface area contributed by atoms with Gasteiger partial charge in [-0.05, 0) is 0 Å². The molecule has 64 valence electrons. The Bertz CT molecular complexity index is 173. The third-order valence-electron chi connectivity index (χ3n) is 1.61. The highest BCUT2D eigenvalue weighted by Crippen LogP contribution is 2.31. The quantitative estimate of drug-likeness (QED) is 0.339. The molecular weight excluding hydrogens is 190 g/mol. The van der Waals surface area contributed by atoms with Gasteiger partial charge in [-0.25, -0.2) is 0 Å². The van der Waals surface area contributed by atoms with Crippen LogP contribution in [0.1, 0.15) is 0 Å². The monoisotopic (exact) mass is 197 g/mol. The zero-order chi connectivity index (χ0) is 8.48. The molecule has 1 aliphatic rings. The van der Waals surface area contributed by atoms with E-state index in [0.717, 1.165) is 0 Å². The summed E-state index contributed by atoms with van der Waals surface area (Å²) >= 11 is 9.37. The van der Waals surface area contributed by atoms with Crippen molar-refractivity contribution >= 4 is 30.2 Å². The van der Waals surface area contributed by atoms with Crippen molar-refractivity contribution in [3.8, 4) is 0 Å². The molecule has 2 unspecified atom stereocenters. The van der Waals surface area contributed by atoms with Crippen LogP contribution in [0, 0.1) is 5.92 Å². The van der Waals surface area contributed by atoms with E-state index in [0.29, 0.717) is 0 Å². The van der Waals surface area contributed by atoms with Gasteiger partial charge in [0, 0.05) is 5.75 Å². The summed E-state index contributed by atoms with van der Waals surface area (Å²) in [4.78, 5) is 15.3. The van der Waals surface area contributed by atoms with Crippen LogP contribution in [0.25, 0.3) is 0 Å². The number of hydrogen-bond donors (Lipinski definition) is 3. The summed E-state index contributed by atoms with van der Waals surface area (Å²) in [6.07, 6.45) is 0. The Balaban J connectivity index is 2.61. The SMILES string of the molecule is O=C(O)C(CS)C1(CCl)NO1. The van der Waals surface area contributed by atoms with Gasteiger partial charge in [-0.3, -0.25) is 9.63 Å². The van der Waals surface area contributed by atoms with Gasteiger partial charge in [0.25, 0.3) is 0 Å². The van der Waals surface area contributed by atoms with Gasteiger partial charge in [0.05, 0.1) is 5.88 Å². The van der Waals surface area contributed by atoms with E-state index in [1.165, 1.54) is 0 Å². The molecule has 11 heavy (non-hydrogen) atoms. The Hall–Kier alpha value is 0.0300. The second-order valence-corrected chi connectivity index (χ2v) is 2.93. The molecule has 0 aliphatic carbocycles. The molecule has 1 aliphatic heterocycles. The van der Waals surface area contributed by atoms with E-state index in [-0.39, 0.29) is 11.6 Å². The molecule has 6 heteroatoms. The van der Waals surface area contributed by atoms with Crippen LogP contribution in [0.15, 0.2) is 0 Å². The lowest BCUT2D eigenvalue weighted by Crippen LogP contribution is -2.36. The Morgan fingerprint density at radius 2 is 2.45 bits per heavy atom. The van der Waals surface area contributed by atoms with Gasteiger partial charge in [-0.1, -0.05) is 0 Å². The van der Waals surface area contributed by atoms with E-state index in [9.17, 15) is 4.79 Å². The molecule has 2 atom stereocenters. The summed E-state index contributed by atoms with van der Waals surface area (Å²) in [5, 5.41) is 8.65. The highest BCUT2D eigenvalue weighted by molar-refractivity contribution is 7.80. The molecule has 1 fully saturated rings. The van der Waals surface area contributed by atoms with E-state index < -0.39 is 17.6 Å². The lowest BCUT2D eigenvalue weighted by Gasteiger charge is -2.12. The molecule has 0 aromatic rings. The molecule has 0 radical (unpaired) electrons. The smallest absolute Gasteiger partial charge is 0.311 e. The third kappa shape index (κ3) is 1.61. The number of hydroxylamine groups is 1. The maximum Gasteiger partial charge on any atom is 0.311 e. The molecule has 0 spiro atoms. The van der Waals surface area contributed by atoms with E-state index >= 15 is 0 Å². The zero-order valence-corrected chi connectivity index (χ0v) is 7.23. The predicted octanol–water partition coefficient (Wildman–Crippen LogP) is 0.0869. The summed E-state index contributed by atoms with van der Waals surface area (Å²) < 4.78 is 0. The zero-order valence-electron chi connectivity index (χ0n) is 5.58. The van der Waals surface area contributed by atoms with Crippen LogP contribution in [0.3, 0.4) is 0 Å². The summed E-state index contributed by atoms with van der Waals surface area (Å²) in [5.74, 6) is -1.33. The maximum absolute atomic E-state index is 10.5. The van der Waals surface area contributed by atoms with Gasteiger partial charge in [-0.15, -0.1) is 11.6 Å². The first-order valence-corrected chi connectivity index (χ1v) is 4.18. The number of aliphatic carboxylic acids is 1. The Morgan fingerprint density at radius 3 is 2.55 bits per heavy atom. The normalized spacial score (nSPS) is 31.5. The second-order valence-electron chi connectivity index (χ2n) is 2.30. The number of rotatable bonds is 4. The summed E-state index contributed by atoms with van der Waals surface area (Å²) in [6.45, 7) is 0. The molecule has 0 saturated carbocycles. The number of nitrogens with one attached hydrogen (secondary N) is 1. The minimum atomic E-state index is -0.953. The Morgan fingerprint density at radius 1 is 1.91 bits per heavy atom. The first-order valence-electron chi connectivity index (χ1n) is 3.01. The maximum atomic E-state index is 10.5. The first kappa shape index (κ1) is 9.12. The van der Waals surface area contributed by atoms with E-state index in [1.54, 1.807) is 0 Å². The van der Waals surface area contributed by atoms with Gasteiger partial charge in [0.2, 0.25) is 0 Å². The summed E-state index contributed by atoms with van der Waals surface area (Å²) in [6, 6.07) is 0. The average molecular weight is 198 g/mol. The highest BCUT2D eigenvalue weighted by Gasteiger charge is 2.54. The Labute approximate surface area is 74.2 Å². The number of hydrogen-bond acceptors (Lipinski definition) is 4. The lowest BCUT2D eigenvalue weighted by molar-refractivity contribution is -0.142. The fourth-order valence-corrected chi connectivity index (χ4v) is 1.53. The van der Waals surface area contributed by atoms with Crippen molar-refractivity contribution in [2.45, 2.75) is 5.72 Å². The van der Waals surface area contributed by atoms with E-state index in [2.05, 4.69) is 18.1 Å². The largest absolute Gasteiger partial charge is 0.481 e. The number of thiol groups is 1. The number of carboxylic acids is 1. The fourth-order valence-electron chi connectivity index (χ4n) is 0.781. The van der Waals surface area contributed by atoms with E-state index in [1.807, 2.05) is 0 Å². The van der Waals surface area contributed by atoms with Gasteiger partial charge >= 0.3 is 5.97 Å². The Kier molecular flexibility index (Phi) is 2.64. The average Bonchev–Trinajstić information content (AvgIpc) is 2.70. The van der Waals surface area contributed by atoms with Crippen molar-refractivity contribution < 1.29 is 14.7 Å². The molecule has 1 saturated heterocycles. The van der Waals surface area contributed by atoms with Crippen LogP contribution in [0.5, 0.6) is 0 Å². The van der Waals surface area contributed by atoms with Crippen molar-refractivity contribution in [1.29, 1.82) is 0 Å². The first-order chi connectivity index (χ1) is 5.16. The van der Waals surface area contributed by atoms with Crippen molar-refractivity contribution in [2.75, 3.05) is 11.6 Å². The summed E-state index contributed by atoms with van der Waals surface area (Å²) in [7, 11) is 0. The topological polar surface area (TPSA) is 71.8 Å². The van der Waals surface area contributed by atoms with Crippen LogP contribution >= 0.6 is 24.2 Å². The molecule has 0 amide bonds. The van der Waals surface area contributed by atoms with Crippen molar-refractivity contribution in [3.05, 3.63) is 0 Å². The molecule has 0 aromatic heterocycles. The highest BCUT2D eigenvalue weighted by atomic mass is 35.5. The van der Waals surface area contributed by atoms with Crippen molar-refractivity contribution in [3.63, 3.8) is 0 Å². The van der Waals surface area contributed by atoms with Gasteiger partial charge in [0.15, 0.2) is 5.72 Å². The summed E-state index contributed by atoms with van der Waals surface area (Å²) in [5.41, 5.74) is 1.59. The molecule has 4 nitrogen and oxygen atoms in total. The standard InChI is InChI=1S/C5H8ClNO3S/c6-2-5(7-10-5)3(1-11)4(8)9/h3,7,11H,1-2H2,(H,8,9). The van der Waals surface area contributed by atoms with Crippen molar-refractivity contribution in [2.24, 2.45) is 5.92 Å². The van der Waals surface area contributed by atoms with Crippen LogP contribution in [-0.4, -0.2) is 28.4 Å². The minimum absolute atomic E-state index is 0.116. The van der Waals surface area contributed by atoms with Gasteiger partial charge < -0.3 is 5.11 Å². The fraction of sp³-hybridized carbons (Fsp3) is 0.800. The second kappa shape index (κ2) is 3.18. The number of alkyl halides is 1. The van der Waals surface area contributed by atoms with Crippen LogP contribution in [-0.2, 0) is 9.63 Å². The van der Waals surface area contributed by atoms with Crippen LogP contribution in [0.2, 0.25) is 0 Å². The number of halogens is 1.